The van der Waals surface area contributed by atoms with E-state index in [1.165, 1.54) is 5.56 Å². The van der Waals surface area contributed by atoms with Crippen LogP contribution in [0.2, 0.25) is 0 Å². The molecule has 0 radical (unpaired) electrons. The maximum absolute atomic E-state index is 5.68. The Morgan fingerprint density at radius 3 is 2.53 bits per heavy atom. The Morgan fingerprint density at radius 2 is 1.87 bits per heavy atom. The molecule has 15 heavy (non-hydrogen) atoms. The maximum Gasteiger partial charge on any atom is 0.161 e. The van der Waals surface area contributed by atoms with Crippen molar-refractivity contribution in [1.29, 1.82) is 0 Å². The standard InChI is InChI=1S/C12H13N3/c1-8-4-3-5-10(6-8)12-14-9(2)7-11(13)15-12/h3-7H,1-2H3,(H2,13,14,15). The van der Waals surface area contributed by atoms with Gasteiger partial charge < -0.3 is 5.73 Å². The summed E-state index contributed by atoms with van der Waals surface area (Å²) in [4.78, 5) is 8.57. The number of nitrogen functional groups attached to an aromatic ring is 1. The summed E-state index contributed by atoms with van der Waals surface area (Å²) in [6.07, 6.45) is 0. The fourth-order valence-electron chi connectivity index (χ4n) is 1.51. The molecule has 0 spiro atoms. The van der Waals surface area contributed by atoms with Gasteiger partial charge in [-0.15, -0.1) is 0 Å². The Morgan fingerprint density at radius 1 is 1.07 bits per heavy atom. The van der Waals surface area contributed by atoms with E-state index in [-0.39, 0.29) is 0 Å². The SMILES string of the molecule is Cc1cccc(-c2nc(C)cc(N)n2)c1. The molecule has 0 saturated carbocycles. The number of anilines is 1. The van der Waals surface area contributed by atoms with E-state index in [1.807, 2.05) is 38.1 Å². The molecule has 0 aliphatic rings. The minimum atomic E-state index is 0.513. The quantitative estimate of drug-likeness (QED) is 0.767. The van der Waals surface area contributed by atoms with Crippen LogP contribution in [0.4, 0.5) is 5.82 Å². The fourth-order valence-corrected chi connectivity index (χ4v) is 1.51. The van der Waals surface area contributed by atoms with Crippen LogP contribution in [0.3, 0.4) is 0 Å². The molecule has 1 aromatic carbocycles. The lowest BCUT2D eigenvalue weighted by Crippen LogP contribution is -1.97. The second-order valence-electron chi connectivity index (χ2n) is 3.63. The predicted molar refractivity (Wildman–Crippen MR) is 61.4 cm³/mol. The Labute approximate surface area is 89.0 Å². The minimum Gasteiger partial charge on any atom is -0.384 e. The molecule has 2 aromatic rings. The van der Waals surface area contributed by atoms with Gasteiger partial charge in [0.2, 0.25) is 0 Å². The van der Waals surface area contributed by atoms with Gasteiger partial charge in [0, 0.05) is 17.3 Å². The Hall–Kier alpha value is -1.90. The van der Waals surface area contributed by atoms with Gasteiger partial charge in [-0.25, -0.2) is 9.97 Å². The minimum absolute atomic E-state index is 0.513. The molecule has 1 heterocycles. The number of nitrogens with zero attached hydrogens (tertiary/aromatic N) is 2. The summed E-state index contributed by atoms with van der Waals surface area (Å²) in [5.74, 6) is 1.20. The van der Waals surface area contributed by atoms with Crippen LogP contribution >= 0.6 is 0 Å². The third kappa shape index (κ3) is 2.13. The molecule has 76 valence electrons. The zero-order valence-corrected chi connectivity index (χ0v) is 8.86. The summed E-state index contributed by atoms with van der Waals surface area (Å²) < 4.78 is 0. The lowest BCUT2D eigenvalue weighted by molar-refractivity contribution is 1.12. The van der Waals surface area contributed by atoms with E-state index in [0.29, 0.717) is 11.6 Å². The molecule has 0 fully saturated rings. The topological polar surface area (TPSA) is 51.8 Å². The van der Waals surface area contributed by atoms with Gasteiger partial charge in [-0.05, 0) is 19.9 Å². The highest BCUT2D eigenvalue weighted by Crippen LogP contribution is 2.17. The lowest BCUT2D eigenvalue weighted by atomic mass is 10.1. The van der Waals surface area contributed by atoms with Gasteiger partial charge in [0.15, 0.2) is 5.82 Å². The molecule has 3 nitrogen and oxygen atoms in total. The van der Waals surface area contributed by atoms with Crippen molar-refractivity contribution >= 4 is 5.82 Å². The lowest BCUT2D eigenvalue weighted by Gasteiger charge is -2.03. The Kier molecular flexibility index (Phi) is 2.37. The molecule has 0 amide bonds. The first-order valence-corrected chi connectivity index (χ1v) is 4.83. The molecular weight excluding hydrogens is 186 g/mol. The summed E-state index contributed by atoms with van der Waals surface area (Å²) in [7, 11) is 0. The van der Waals surface area contributed by atoms with Gasteiger partial charge in [0.05, 0.1) is 0 Å². The first kappa shape index (κ1) is 9.65. The van der Waals surface area contributed by atoms with Gasteiger partial charge in [-0.2, -0.15) is 0 Å². The highest BCUT2D eigenvalue weighted by molar-refractivity contribution is 5.57. The summed E-state index contributed by atoms with van der Waals surface area (Å²) >= 11 is 0. The third-order valence-corrected chi connectivity index (χ3v) is 2.15. The average molecular weight is 199 g/mol. The van der Waals surface area contributed by atoms with Crippen molar-refractivity contribution in [3.8, 4) is 11.4 Å². The van der Waals surface area contributed by atoms with Gasteiger partial charge >= 0.3 is 0 Å². The number of hydrogen-bond acceptors (Lipinski definition) is 3. The van der Waals surface area contributed by atoms with Crippen molar-refractivity contribution in [3.05, 3.63) is 41.6 Å². The van der Waals surface area contributed by atoms with E-state index in [0.717, 1.165) is 11.3 Å². The van der Waals surface area contributed by atoms with Gasteiger partial charge in [0.25, 0.3) is 0 Å². The van der Waals surface area contributed by atoms with Crippen LogP contribution in [0.5, 0.6) is 0 Å². The molecule has 0 aliphatic heterocycles. The second kappa shape index (κ2) is 3.69. The first-order chi connectivity index (χ1) is 7.15. The molecule has 0 saturated heterocycles. The number of nitrogens with two attached hydrogens (primary N) is 1. The van der Waals surface area contributed by atoms with Crippen LogP contribution in [-0.2, 0) is 0 Å². The number of aryl methyl sites for hydroxylation is 2. The normalized spacial score (nSPS) is 10.3. The van der Waals surface area contributed by atoms with Gasteiger partial charge in [-0.1, -0.05) is 23.8 Å². The van der Waals surface area contributed by atoms with Crippen molar-refractivity contribution in [1.82, 2.24) is 9.97 Å². The highest BCUT2D eigenvalue weighted by atomic mass is 14.9. The van der Waals surface area contributed by atoms with Crippen molar-refractivity contribution in [2.75, 3.05) is 5.73 Å². The largest absolute Gasteiger partial charge is 0.384 e. The molecule has 1 aromatic heterocycles. The number of aromatic nitrogens is 2. The molecule has 0 atom stereocenters. The molecule has 2 rings (SSSR count). The van der Waals surface area contributed by atoms with Crippen molar-refractivity contribution in [2.24, 2.45) is 0 Å². The Balaban J connectivity index is 2.54. The van der Waals surface area contributed by atoms with E-state index in [4.69, 9.17) is 5.73 Å². The Bertz CT molecular complexity index is 472. The maximum atomic E-state index is 5.68. The van der Waals surface area contributed by atoms with E-state index in [9.17, 15) is 0 Å². The van der Waals surface area contributed by atoms with E-state index in [2.05, 4.69) is 9.97 Å². The molecule has 0 bridgehead atoms. The van der Waals surface area contributed by atoms with Crippen LogP contribution in [0.1, 0.15) is 11.3 Å². The van der Waals surface area contributed by atoms with Crippen molar-refractivity contribution in [2.45, 2.75) is 13.8 Å². The van der Waals surface area contributed by atoms with Crippen LogP contribution in [0, 0.1) is 13.8 Å². The van der Waals surface area contributed by atoms with E-state index < -0.39 is 0 Å². The third-order valence-electron chi connectivity index (χ3n) is 2.15. The van der Waals surface area contributed by atoms with Crippen LogP contribution in [-0.4, -0.2) is 9.97 Å². The molecule has 0 unspecified atom stereocenters. The summed E-state index contributed by atoms with van der Waals surface area (Å²) in [6.45, 7) is 3.96. The van der Waals surface area contributed by atoms with E-state index in [1.54, 1.807) is 6.07 Å². The van der Waals surface area contributed by atoms with Crippen molar-refractivity contribution in [3.63, 3.8) is 0 Å². The molecule has 0 aliphatic carbocycles. The smallest absolute Gasteiger partial charge is 0.161 e. The molecule has 3 heteroatoms. The van der Waals surface area contributed by atoms with Crippen molar-refractivity contribution < 1.29 is 0 Å². The zero-order chi connectivity index (χ0) is 10.8. The summed E-state index contributed by atoms with van der Waals surface area (Å²) in [5, 5.41) is 0. The molecule has 2 N–H and O–H groups in total. The average Bonchev–Trinajstić information content (AvgIpc) is 2.16. The summed E-state index contributed by atoms with van der Waals surface area (Å²) in [6, 6.07) is 9.84. The first-order valence-electron chi connectivity index (χ1n) is 4.83. The second-order valence-corrected chi connectivity index (χ2v) is 3.63. The van der Waals surface area contributed by atoms with E-state index >= 15 is 0 Å². The van der Waals surface area contributed by atoms with Crippen LogP contribution < -0.4 is 5.73 Å². The van der Waals surface area contributed by atoms with Gasteiger partial charge in [-0.3, -0.25) is 0 Å². The monoisotopic (exact) mass is 199 g/mol. The number of hydrogen-bond donors (Lipinski definition) is 1. The predicted octanol–water partition coefficient (Wildman–Crippen LogP) is 2.34. The van der Waals surface area contributed by atoms with Crippen LogP contribution in [0.25, 0.3) is 11.4 Å². The zero-order valence-electron chi connectivity index (χ0n) is 8.86. The van der Waals surface area contributed by atoms with Gasteiger partial charge in [0.1, 0.15) is 5.82 Å². The number of benzene rings is 1. The fraction of sp³-hybridized carbons (Fsp3) is 0.167. The summed E-state index contributed by atoms with van der Waals surface area (Å²) in [5.41, 5.74) is 8.77. The molecular formula is C12H13N3. The highest BCUT2D eigenvalue weighted by Gasteiger charge is 2.02. The van der Waals surface area contributed by atoms with Crippen LogP contribution in [0.15, 0.2) is 30.3 Å². The number of rotatable bonds is 1.